The van der Waals surface area contributed by atoms with E-state index in [1.165, 1.54) is 5.56 Å². The largest absolute Gasteiger partial charge is 0.478 e. The Labute approximate surface area is 129 Å². The Morgan fingerprint density at radius 3 is 2.55 bits per heavy atom. The summed E-state index contributed by atoms with van der Waals surface area (Å²) >= 11 is 0. The van der Waals surface area contributed by atoms with Crippen molar-refractivity contribution < 1.29 is 9.90 Å². The topological polar surface area (TPSA) is 42.2 Å². The van der Waals surface area contributed by atoms with Crippen molar-refractivity contribution in [2.45, 2.75) is 26.3 Å². The van der Waals surface area contributed by atoms with Crippen molar-refractivity contribution in [1.29, 1.82) is 0 Å². The summed E-state index contributed by atoms with van der Waals surface area (Å²) < 4.78 is 2.09. The lowest BCUT2D eigenvalue weighted by atomic mass is 10.0. The first-order chi connectivity index (χ1) is 10.6. The number of carboxylic acid groups (broad SMARTS) is 1. The smallest absolute Gasteiger partial charge is 0.337 e. The van der Waals surface area contributed by atoms with Crippen LogP contribution in [0, 0.1) is 6.92 Å². The van der Waals surface area contributed by atoms with Gasteiger partial charge in [-0.15, -0.1) is 0 Å². The average molecular weight is 293 g/mol. The van der Waals surface area contributed by atoms with Crippen LogP contribution in [0.4, 0.5) is 0 Å². The van der Waals surface area contributed by atoms with Gasteiger partial charge in [-0.1, -0.05) is 48.9 Å². The summed E-state index contributed by atoms with van der Waals surface area (Å²) in [4.78, 5) is 11.6. The summed E-state index contributed by atoms with van der Waals surface area (Å²) in [6.07, 6.45) is 2.67. The molecule has 1 heterocycles. The van der Waals surface area contributed by atoms with Gasteiger partial charge in [0.2, 0.25) is 0 Å². The Hall–Kier alpha value is -2.55. The second-order valence-corrected chi connectivity index (χ2v) is 5.61. The van der Waals surface area contributed by atoms with Crippen molar-refractivity contribution in [3.63, 3.8) is 0 Å². The Morgan fingerprint density at radius 1 is 1.18 bits per heavy atom. The number of carboxylic acids is 1. The van der Waals surface area contributed by atoms with Gasteiger partial charge in [-0.2, -0.15) is 0 Å². The predicted octanol–water partition coefficient (Wildman–Crippen LogP) is 4.65. The van der Waals surface area contributed by atoms with Crippen molar-refractivity contribution in [2.24, 2.45) is 0 Å². The molecule has 0 spiro atoms. The third-order valence-corrected chi connectivity index (χ3v) is 4.13. The summed E-state index contributed by atoms with van der Waals surface area (Å²) in [5.41, 5.74) is 3.60. The minimum absolute atomic E-state index is 0.138. The van der Waals surface area contributed by atoms with E-state index >= 15 is 0 Å². The van der Waals surface area contributed by atoms with Gasteiger partial charge in [0.1, 0.15) is 0 Å². The van der Waals surface area contributed by atoms with E-state index in [2.05, 4.69) is 23.6 Å². The van der Waals surface area contributed by atoms with Gasteiger partial charge in [0.05, 0.1) is 11.6 Å². The molecule has 3 heteroatoms. The minimum Gasteiger partial charge on any atom is -0.478 e. The monoisotopic (exact) mass is 293 g/mol. The molecule has 1 N–H and O–H groups in total. The number of carbonyl (C=O) groups is 1. The van der Waals surface area contributed by atoms with Crippen molar-refractivity contribution in [2.75, 3.05) is 0 Å². The highest BCUT2D eigenvalue weighted by Gasteiger charge is 2.19. The summed E-state index contributed by atoms with van der Waals surface area (Å²) in [7, 11) is 0. The highest BCUT2D eigenvalue weighted by molar-refractivity contribution is 6.03. The number of rotatable bonds is 4. The fourth-order valence-corrected chi connectivity index (χ4v) is 3.07. The molecule has 22 heavy (non-hydrogen) atoms. The fraction of sp³-hybridized carbons (Fsp3) is 0.211. The first-order valence-electron chi connectivity index (χ1n) is 7.51. The molecule has 112 valence electrons. The molecule has 0 fully saturated rings. The number of fused-ring (bicyclic) bond motifs is 1. The molecule has 3 nitrogen and oxygen atoms in total. The van der Waals surface area contributed by atoms with Gasteiger partial charge >= 0.3 is 5.97 Å². The van der Waals surface area contributed by atoms with Crippen LogP contribution in [0.5, 0.6) is 0 Å². The molecule has 3 aromatic rings. The van der Waals surface area contributed by atoms with Gasteiger partial charge in [0.25, 0.3) is 0 Å². The summed E-state index contributed by atoms with van der Waals surface area (Å²) in [5.74, 6) is -0.878. The molecule has 0 amide bonds. The number of nitrogens with zero attached hydrogens (tertiary/aromatic N) is 1. The van der Waals surface area contributed by atoms with E-state index < -0.39 is 5.97 Å². The molecule has 0 saturated carbocycles. The van der Waals surface area contributed by atoms with Crippen LogP contribution in [0.1, 0.15) is 40.9 Å². The highest BCUT2D eigenvalue weighted by Crippen LogP contribution is 2.30. The zero-order valence-corrected chi connectivity index (χ0v) is 12.8. The predicted molar refractivity (Wildman–Crippen MR) is 88.5 cm³/mol. The van der Waals surface area contributed by atoms with Gasteiger partial charge in [0, 0.05) is 17.1 Å². The van der Waals surface area contributed by atoms with Gasteiger partial charge in [-0.3, -0.25) is 0 Å². The van der Waals surface area contributed by atoms with Crippen LogP contribution in [0.3, 0.4) is 0 Å². The molecule has 3 rings (SSSR count). The first kappa shape index (κ1) is 14.4. The molecule has 1 aromatic heterocycles. The van der Waals surface area contributed by atoms with E-state index in [1.807, 2.05) is 43.3 Å². The van der Waals surface area contributed by atoms with Crippen LogP contribution in [-0.4, -0.2) is 15.6 Å². The number of aromatic nitrogens is 1. The summed E-state index contributed by atoms with van der Waals surface area (Å²) in [6.45, 7) is 4.11. The average Bonchev–Trinajstić information content (AvgIpc) is 2.88. The molecule has 0 aliphatic rings. The van der Waals surface area contributed by atoms with E-state index in [0.29, 0.717) is 5.56 Å². The zero-order chi connectivity index (χ0) is 15.7. The molecule has 2 aromatic carbocycles. The number of hydrogen-bond donors (Lipinski definition) is 1. The molecule has 0 bridgehead atoms. The van der Waals surface area contributed by atoms with E-state index in [1.54, 1.807) is 6.20 Å². The SMILES string of the molecule is CCC(c1ccccc1)n1cc(C(=O)O)c2cc(C)ccc21. The zero-order valence-electron chi connectivity index (χ0n) is 12.8. The van der Waals surface area contributed by atoms with Crippen LogP contribution in [-0.2, 0) is 0 Å². The number of hydrogen-bond acceptors (Lipinski definition) is 1. The van der Waals surface area contributed by atoms with Crippen molar-refractivity contribution >= 4 is 16.9 Å². The Bertz CT molecular complexity index is 818. The third-order valence-electron chi connectivity index (χ3n) is 4.13. The molecule has 0 radical (unpaired) electrons. The molecule has 1 atom stereocenters. The molecule has 0 aliphatic heterocycles. The quantitative estimate of drug-likeness (QED) is 0.761. The second-order valence-electron chi connectivity index (χ2n) is 5.61. The fourth-order valence-electron chi connectivity index (χ4n) is 3.07. The number of benzene rings is 2. The van der Waals surface area contributed by atoms with E-state index in [9.17, 15) is 9.90 Å². The third kappa shape index (κ3) is 2.39. The van der Waals surface area contributed by atoms with Crippen LogP contribution in [0.15, 0.2) is 54.7 Å². The Kier molecular flexibility index (Phi) is 3.72. The van der Waals surface area contributed by atoms with E-state index in [0.717, 1.165) is 22.9 Å². The van der Waals surface area contributed by atoms with Crippen molar-refractivity contribution in [3.05, 3.63) is 71.4 Å². The molecular formula is C19H19NO2. The van der Waals surface area contributed by atoms with Crippen LogP contribution >= 0.6 is 0 Å². The maximum absolute atomic E-state index is 11.6. The van der Waals surface area contributed by atoms with Gasteiger partial charge in [-0.25, -0.2) is 4.79 Å². The summed E-state index contributed by atoms with van der Waals surface area (Å²) in [5, 5.41) is 10.3. The Morgan fingerprint density at radius 2 is 1.91 bits per heavy atom. The van der Waals surface area contributed by atoms with E-state index in [4.69, 9.17) is 0 Å². The Balaban J connectivity index is 2.24. The maximum Gasteiger partial charge on any atom is 0.337 e. The molecule has 0 aliphatic carbocycles. The lowest BCUT2D eigenvalue weighted by molar-refractivity contribution is 0.0698. The number of aromatic carboxylic acids is 1. The van der Waals surface area contributed by atoms with Gasteiger partial charge in [-0.05, 0) is 31.0 Å². The summed E-state index contributed by atoms with van der Waals surface area (Å²) in [6, 6.07) is 16.4. The van der Waals surface area contributed by atoms with Crippen LogP contribution in [0.2, 0.25) is 0 Å². The van der Waals surface area contributed by atoms with Crippen molar-refractivity contribution in [1.82, 2.24) is 4.57 Å². The van der Waals surface area contributed by atoms with Gasteiger partial charge < -0.3 is 9.67 Å². The van der Waals surface area contributed by atoms with Gasteiger partial charge in [0.15, 0.2) is 0 Å². The van der Waals surface area contributed by atoms with Crippen LogP contribution in [0.25, 0.3) is 10.9 Å². The molecule has 0 saturated heterocycles. The minimum atomic E-state index is -0.878. The highest BCUT2D eigenvalue weighted by atomic mass is 16.4. The molecule has 1 unspecified atom stereocenters. The lowest BCUT2D eigenvalue weighted by Crippen LogP contribution is -2.08. The normalized spacial score (nSPS) is 12.5. The molecular weight excluding hydrogens is 274 g/mol. The van der Waals surface area contributed by atoms with E-state index in [-0.39, 0.29) is 6.04 Å². The second kappa shape index (κ2) is 5.68. The van der Waals surface area contributed by atoms with Crippen LogP contribution < -0.4 is 0 Å². The standard InChI is InChI=1S/C19H19NO2/c1-3-17(14-7-5-4-6-8-14)20-12-16(19(21)22)15-11-13(2)9-10-18(15)20/h4-12,17H,3H2,1-2H3,(H,21,22). The maximum atomic E-state index is 11.6. The van der Waals surface area contributed by atoms with Crippen molar-refractivity contribution in [3.8, 4) is 0 Å². The first-order valence-corrected chi connectivity index (χ1v) is 7.51. The number of aryl methyl sites for hydroxylation is 1. The lowest BCUT2D eigenvalue weighted by Gasteiger charge is -2.19.